The number of aryl methyl sites for hydroxylation is 2. The molecule has 9 nitrogen and oxygen atoms in total. The molecule has 0 unspecified atom stereocenters. The maximum Gasteiger partial charge on any atom is 0.264 e. The molecule has 1 N–H and O–H groups in total. The maximum atomic E-state index is 12.9. The molecule has 5 rings (SSSR count). The Morgan fingerprint density at radius 1 is 1.12 bits per heavy atom. The predicted octanol–water partition coefficient (Wildman–Crippen LogP) is 2.24. The van der Waals surface area contributed by atoms with Gasteiger partial charge in [0.2, 0.25) is 12.7 Å². The molecule has 3 heterocycles. The van der Waals surface area contributed by atoms with Crippen LogP contribution in [0.3, 0.4) is 0 Å². The fraction of sp³-hybridized carbons (Fsp3) is 0.217. The van der Waals surface area contributed by atoms with Gasteiger partial charge < -0.3 is 14.8 Å². The Bertz CT molecular complexity index is 1410. The second-order valence-electron chi connectivity index (χ2n) is 7.73. The molecule has 0 aliphatic carbocycles. The molecule has 1 aliphatic rings. The first-order valence-electron chi connectivity index (χ1n) is 10.2. The highest BCUT2D eigenvalue weighted by molar-refractivity contribution is 5.78. The zero-order valence-corrected chi connectivity index (χ0v) is 17.7. The minimum atomic E-state index is -0.316. The fourth-order valence-electron chi connectivity index (χ4n) is 3.74. The second-order valence-corrected chi connectivity index (χ2v) is 7.73. The Morgan fingerprint density at radius 3 is 2.81 bits per heavy atom. The van der Waals surface area contributed by atoms with Crippen molar-refractivity contribution in [2.24, 2.45) is 0 Å². The van der Waals surface area contributed by atoms with E-state index in [9.17, 15) is 9.59 Å². The maximum absolute atomic E-state index is 12.9. The number of carbonyl (C=O) groups excluding carboxylic acids is 1. The summed E-state index contributed by atoms with van der Waals surface area (Å²) >= 11 is 0. The van der Waals surface area contributed by atoms with E-state index >= 15 is 0 Å². The molecule has 32 heavy (non-hydrogen) atoms. The van der Waals surface area contributed by atoms with Crippen molar-refractivity contribution in [2.45, 2.75) is 26.9 Å². The lowest BCUT2D eigenvalue weighted by atomic mass is 10.1. The van der Waals surface area contributed by atoms with Gasteiger partial charge in [-0.2, -0.15) is 5.10 Å². The summed E-state index contributed by atoms with van der Waals surface area (Å²) in [5.74, 6) is 1.04. The van der Waals surface area contributed by atoms with Crippen LogP contribution in [0.2, 0.25) is 0 Å². The van der Waals surface area contributed by atoms with E-state index in [1.54, 1.807) is 10.7 Å². The number of nitrogens with one attached hydrogen (secondary N) is 1. The van der Waals surface area contributed by atoms with Gasteiger partial charge in [-0.3, -0.25) is 14.2 Å². The lowest BCUT2D eigenvalue weighted by Gasteiger charge is -2.09. The minimum Gasteiger partial charge on any atom is -0.454 e. The van der Waals surface area contributed by atoms with Gasteiger partial charge in [0.05, 0.1) is 11.9 Å². The highest BCUT2D eigenvalue weighted by Crippen LogP contribution is 2.32. The Morgan fingerprint density at radius 2 is 1.97 bits per heavy atom. The number of rotatable bonds is 5. The quantitative estimate of drug-likeness (QED) is 0.520. The first-order chi connectivity index (χ1) is 15.5. The number of ether oxygens (including phenoxy) is 2. The van der Waals surface area contributed by atoms with E-state index in [1.165, 1.54) is 17.1 Å². The van der Waals surface area contributed by atoms with Crippen molar-refractivity contribution in [1.82, 2.24) is 24.6 Å². The Kier molecular flexibility index (Phi) is 4.85. The number of fused-ring (bicyclic) bond motifs is 2. The van der Waals surface area contributed by atoms with E-state index in [-0.39, 0.29) is 24.8 Å². The van der Waals surface area contributed by atoms with Crippen LogP contribution < -0.4 is 20.3 Å². The highest BCUT2D eigenvalue weighted by Gasteiger charge is 2.16. The van der Waals surface area contributed by atoms with Crippen molar-refractivity contribution in [3.8, 4) is 17.2 Å². The summed E-state index contributed by atoms with van der Waals surface area (Å²) in [5.41, 5.74) is 4.05. The van der Waals surface area contributed by atoms with E-state index < -0.39 is 0 Å². The number of aromatic nitrogens is 4. The van der Waals surface area contributed by atoms with E-state index in [0.29, 0.717) is 29.1 Å². The largest absolute Gasteiger partial charge is 0.454 e. The summed E-state index contributed by atoms with van der Waals surface area (Å²) in [4.78, 5) is 29.8. The van der Waals surface area contributed by atoms with Crippen molar-refractivity contribution in [1.29, 1.82) is 0 Å². The molecule has 0 atom stereocenters. The summed E-state index contributed by atoms with van der Waals surface area (Å²) in [6.45, 7) is 4.38. The van der Waals surface area contributed by atoms with Gasteiger partial charge in [0, 0.05) is 6.54 Å². The van der Waals surface area contributed by atoms with Crippen LogP contribution in [-0.4, -0.2) is 32.0 Å². The zero-order chi connectivity index (χ0) is 22.2. The molecule has 2 aromatic carbocycles. The van der Waals surface area contributed by atoms with Crippen molar-refractivity contribution in [2.75, 3.05) is 6.79 Å². The van der Waals surface area contributed by atoms with Crippen LogP contribution in [0, 0.1) is 13.8 Å². The number of nitrogens with zero attached hydrogens (tertiary/aromatic N) is 4. The van der Waals surface area contributed by atoms with Crippen LogP contribution in [0.1, 0.15) is 16.7 Å². The first kappa shape index (κ1) is 19.8. The summed E-state index contributed by atoms with van der Waals surface area (Å²) < 4.78 is 13.6. The van der Waals surface area contributed by atoms with Crippen LogP contribution in [0.25, 0.3) is 16.7 Å². The Labute approximate surface area is 183 Å². The van der Waals surface area contributed by atoms with Gasteiger partial charge in [-0.1, -0.05) is 23.8 Å². The van der Waals surface area contributed by atoms with Crippen LogP contribution in [-0.2, 0) is 17.9 Å². The fourth-order valence-corrected chi connectivity index (χ4v) is 3.74. The molecular weight excluding hydrogens is 410 g/mol. The third-order valence-corrected chi connectivity index (χ3v) is 5.38. The van der Waals surface area contributed by atoms with Gasteiger partial charge in [-0.15, -0.1) is 0 Å². The Hall–Kier alpha value is -4.14. The van der Waals surface area contributed by atoms with Crippen molar-refractivity contribution in [3.63, 3.8) is 0 Å². The summed E-state index contributed by atoms with van der Waals surface area (Å²) in [6.07, 6.45) is 2.87. The number of hydrogen-bond acceptors (Lipinski definition) is 6. The topological polar surface area (TPSA) is 100 Å². The molecule has 4 aromatic rings. The first-order valence-corrected chi connectivity index (χ1v) is 10.2. The highest BCUT2D eigenvalue weighted by atomic mass is 16.7. The van der Waals surface area contributed by atoms with Gasteiger partial charge in [-0.25, -0.2) is 9.67 Å². The summed E-state index contributed by atoms with van der Waals surface area (Å²) in [5, 5.41) is 7.53. The normalized spacial score (nSPS) is 12.3. The number of hydrogen-bond donors (Lipinski definition) is 1. The SMILES string of the molecule is Cc1ccc(-n2ncc3c(=O)n(CC(=O)NCc4ccc5c(c4)OCO5)cnc32)c(C)c1. The third-order valence-electron chi connectivity index (χ3n) is 5.38. The minimum absolute atomic E-state index is 0.138. The zero-order valence-electron chi connectivity index (χ0n) is 17.7. The van der Waals surface area contributed by atoms with E-state index in [1.807, 2.05) is 38.1 Å². The third kappa shape index (κ3) is 3.58. The van der Waals surface area contributed by atoms with Gasteiger partial charge in [-0.05, 0) is 43.2 Å². The predicted molar refractivity (Wildman–Crippen MR) is 117 cm³/mol. The molecule has 0 fully saturated rings. The van der Waals surface area contributed by atoms with Gasteiger partial charge in [0.1, 0.15) is 18.3 Å². The molecule has 0 bridgehead atoms. The molecule has 0 radical (unpaired) electrons. The van der Waals surface area contributed by atoms with Crippen LogP contribution in [0.5, 0.6) is 11.5 Å². The van der Waals surface area contributed by atoms with Crippen molar-refractivity contribution < 1.29 is 14.3 Å². The van der Waals surface area contributed by atoms with E-state index in [0.717, 1.165) is 22.4 Å². The van der Waals surface area contributed by atoms with Gasteiger partial charge in [0.15, 0.2) is 17.1 Å². The lowest BCUT2D eigenvalue weighted by molar-refractivity contribution is -0.121. The monoisotopic (exact) mass is 431 g/mol. The molecule has 162 valence electrons. The number of benzene rings is 2. The lowest BCUT2D eigenvalue weighted by Crippen LogP contribution is -2.32. The van der Waals surface area contributed by atoms with E-state index in [4.69, 9.17) is 9.47 Å². The number of carbonyl (C=O) groups is 1. The molecule has 9 heteroatoms. The number of amides is 1. The molecule has 1 aliphatic heterocycles. The molecule has 1 amide bonds. The Balaban J connectivity index is 1.33. The standard InChI is InChI=1S/C23H21N5O4/c1-14-3-5-18(15(2)7-14)28-22-17(10-26-28)23(30)27(12-25-22)11-21(29)24-9-16-4-6-19-20(8-16)32-13-31-19/h3-8,10,12H,9,11,13H2,1-2H3,(H,24,29). The molecule has 0 spiro atoms. The summed E-state index contributed by atoms with van der Waals surface area (Å²) in [7, 11) is 0. The van der Waals surface area contributed by atoms with Crippen LogP contribution in [0.15, 0.2) is 53.7 Å². The van der Waals surface area contributed by atoms with Crippen LogP contribution >= 0.6 is 0 Å². The molecule has 0 saturated carbocycles. The van der Waals surface area contributed by atoms with Crippen LogP contribution in [0.4, 0.5) is 0 Å². The average molecular weight is 431 g/mol. The van der Waals surface area contributed by atoms with Crippen molar-refractivity contribution in [3.05, 3.63) is 76.0 Å². The van der Waals surface area contributed by atoms with Gasteiger partial charge >= 0.3 is 0 Å². The smallest absolute Gasteiger partial charge is 0.264 e. The average Bonchev–Trinajstić information content (AvgIpc) is 3.41. The molecule has 2 aromatic heterocycles. The molecular formula is C23H21N5O4. The van der Waals surface area contributed by atoms with Gasteiger partial charge in [0.25, 0.3) is 5.56 Å². The van der Waals surface area contributed by atoms with E-state index in [2.05, 4.69) is 21.5 Å². The second kappa shape index (κ2) is 7.84. The van der Waals surface area contributed by atoms with Crippen molar-refractivity contribution >= 4 is 16.9 Å². The summed E-state index contributed by atoms with van der Waals surface area (Å²) in [6, 6.07) is 11.5. The molecule has 0 saturated heterocycles.